The number of carbonyl (C=O) groups is 1. The van der Waals surface area contributed by atoms with E-state index in [1.165, 1.54) is 30.8 Å². The van der Waals surface area contributed by atoms with Crippen molar-refractivity contribution in [2.24, 2.45) is 17.8 Å². The van der Waals surface area contributed by atoms with E-state index in [1.807, 2.05) is 25.1 Å². The molecule has 1 unspecified atom stereocenters. The number of benzene rings is 1. The molecule has 3 aliphatic rings. The van der Waals surface area contributed by atoms with Crippen LogP contribution in [0.25, 0.3) is 0 Å². The Labute approximate surface area is 157 Å². The highest BCUT2D eigenvalue weighted by Crippen LogP contribution is 2.64. The summed E-state index contributed by atoms with van der Waals surface area (Å²) in [6, 6.07) is 5.68. The van der Waals surface area contributed by atoms with Gasteiger partial charge < -0.3 is 5.32 Å². The van der Waals surface area contributed by atoms with Crippen LogP contribution in [0.2, 0.25) is 5.02 Å². The third kappa shape index (κ3) is 2.99. The van der Waals surface area contributed by atoms with Crippen molar-refractivity contribution in [1.29, 1.82) is 0 Å². The van der Waals surface area contributed by atoms with Gasteiger partial charge in [0.1, 0.15) is 0 Å². The number of carbonyl (C=O) groups excluding carboxylic acids is 1. The Morgan fingerprint density at radius 2 is 1.88 bits per heavy atom. The van der Waals surface area contributed by atoms with Crippen molar-refractivity contribution in [2.75, 3.05) is 16.8 Å². The van der Waals surface area contributed by atoms with Gasteiger partial charge in [0.05, 0.1) is 4.08 Å². The minimum absolute atomic E-state index is 0.169. The summed E-state index contributed by atoms with van der Waals surface area (Å²) in [6.07, 6.45) is 6.09. The predicted octanol–water partition coefficient (Wildman–Crippen LogP) is 5.59. The molecule has 1 aliphatic heterocycles. The standard InChI is InChI=1S/C19H24ClNOS2/c1-12-9-16(20)5-6-17(12)21-18(22)13-10-14-3-2-4-15(11-13)19(14)23-7-8-24-19/h5-6,9,13-15H,2-4,7-8,10-11H2,1H3,(H,21,22)/t13?,14-,15+. The average molecular weight is 382 g/mol. The van der Waals surface area contributed by atoms with E-state index in [1.54, 1.807) is 0 Å². The van der Waals surface area contributed by atoms with Gasteiger partial charge in [0, 0.05) is 28.1 Å². The Morgan fingerprint density at radius 3 is 2.50 bits per heavy atom. The van der Waals surface area contributed by atoms with Gasteiger partial charge in [-0.05, 0) is 68.2 Å². The first-order chi connectivity index (χ1) is 11.6. The molecule has 1 aromatic rings. The summed E-state index contributed by atoms with van der Waals surface area (Å²) in [5.41, 5.74) is 1.93. The second-order valence-electron chi connectivity index (χ2n) is 7.36. The van der Waals surface area contributed by atoms with Crippen molar-refractivity contribution in [3.63, 3.8) is 0 Å². The van der Waals surface area contributed by atoms with Crippen LogP contribution in [0, 0.1) is 24.7 Å². The first kappa shape index (κ1) is 17.1. The first-order valence-corrected chi connectivity index (χ1v) is 11.3. The quantitative estimate of drug-likeness (QED) is 0.723. The molecule has 1 saturated heterocycles. The fourth-order valence-corrected chi connectivity index (χ4v) is 8.99. The second kappa shape index (κ2) is 6.77. The van der Waals surface area contributed by atoms with E-state index in [2.05, 4.69) is 28.8 Å². The maximum atomic E-state index is 12.9. The van der Waals surface area contributed by atoms with E-state index in [0.29, 0.717) is 15.9 Å². The molecule has 2 bridgehead atoms. The molecule has 1 N–H and O–H groups in total. The lowest BCUT2D eigenvalue weighted by molar-refractivity contribution is -0.122. The fourth-order valence-electron chi connectivity index (χ4n) is 4.83. The smallest absolute Gasteiger partial charge is 0.227 e. The zero-order valence-electron chi connectivity index (χ0n) is 14.0. The molecule has 1 spiro atoms. The van der Waals surface area contributed by atoms with Gasteiger partial charge in [-0.3, -0.25) is 4.79 Å². The number of amides is 1. The summed E-state index contributed by atoms with van der Waals surface area (Å²) < 4.78 is 0.436. The molecule has 4 rings (SSSR count). The number of anilines is 1. The molecule has 3 fully saturated rings. The van der Waals surface area contributed by atoms with Crippen LogP contribution in [0.3, 0.4) is 0 Å². The molecule has 5 heteroatoms. The average Bonchev–Trinajstić information content (AvgIpc) is 2.99. The highest BCUT2D eigenvalue weighted by molar-refractivity contribution is 8.21. The van der Waals surface area contributed by atoms with Gasteiger partial charge in [-0.25, -0.2) is 0 Å². The van der Waals surface area contributed by atoms with Crippen molar-refractivity contribution in [3.8, 4) is 0 Å². The highest BCUT2D eigenvalue weighted by atomic mass is 35.5. The number of nitrogens with one attached hydrogen (secondary N) is 1. The third-order valence-electron chi connectivity index (χ3n) is 5.94. The molecular formula is C19H24ClNOS2. The summed E-state index contributed by atoms with van der Waals surface area (Å²) in [4.78, 5) is 12.9. The van der Waals surface area contributed by atoms with Gasteiger partial charge in [0.15, 0.2) is 0 Å². The van der Waals surface area contributed by atoms with E-state index in [4.69, 9.17) is 11.6 Å². The SMILES string of the molecule is Cc1cc(Cl)ccc1NC(=O)C1C[C@H]2CCC[C@@H](C1)C21SCCS1. The second-order valence-corrected chi connectivity index (χ2v) is 10.8. The van der Waals surface area contributed by atoms with Crippen molar-refractivity contribution < 1.29 is 4.79 Å². The molecule has 2 nitrogen and oxygen atoms in total. The van der Waals surface area contributed by atoms with Crippen LogP contribution >= 0.6 is 35.1 Å². The Hall–Kier alpha value is -0.320. The van der Waals surface area contributed by atoms with Gasteiger partial charge in [0.25, 0.3) is 0 Å². The number of thioether (sulfide) groups is 2. The summed E-state index contributed by atoms with van der Waals surface area (Å²) in [5.74, 6) is 4.38. The van der Waals surface area contributed by atoms with Crippen LogP contribution in [-0.2, 0) is 4.79 Å². The Balaban J connectivity index is 1.48. The monoisotopic (exact) mass is 381 g/mol. The Morgan fingerprint density at radius 1 is 1.21 bits per heavy atom. The molecule has 0 radical (unpaired) electrons. The van der Waals surface area contributed by atoms with E-state index in [-0.39, 0.29) is 11.8 Å². The van der Waals surface area contributed by atoms with Crippen LogP contribution < -0.4 is 5.32 Å². The zero-order valence-corrected chi connectivity index (χ0v) is 16.4. The minimum Gasteiger partial charge on any atom is -0.326 e. The first-order valence-electron chi connectivity index (χ1n) is 8.93. The molecule has 24 heavy (non-hydrogen) atoms. The van der Waals surface area contributed by atoms with E-state index in [9.17, 15) is 4.79 Å². The maximum Gasteiger partial charge on any atom is 0.227 e. The van der Waals surface area contributed by atoms with Crippen LogP contribution in [0.4, 0.5) is 5.69 Å². The van der Waals surface area contributed by atoms with E-state index in [0.717, 1.165) is 29.1 Å². The molecule has 1 aromatic carbocycles. The molecule has 3 atom stereocenters. The zero-order chi connectivity index (χ0) is 16.7. The van der Waals surface area contributed by atoms with Crippen molar-refractivity contribution in [2.45, 2.75) is 43.1 Å². The highest BCUT2D eigenvalue weighted by Gasteiger charge is 2.55. The molecule has 1 heterocycles. The topological polar surface area (TPSA) is 29.1 Å². The minimum atomic E-state index is 0.169. The van der Waals surface area contributed by atoms with Gasteiger partial charge in [-0.15, -0.1) is 23.5 Å². The summed E-state index contributed by atoms with van der Waals surface area (Å²) in [5, 5.41) is 3.88. The number of aryl methyl sites for hydroxylation is 1. The lowest BCUT2D eigenvalue weighted by Crippen LogP contribution is -2.48. The molecule has 2 saturated carbocycles. The third-order valence-corrected chi connectivity index (χ3v) is 10.2. The largest absolute Gasteiger partial charge is 0.326 e. The summed E-state index contributed by atoms with van der Waals surface area (Å²) in [6.45, 7) is 2.00. The number of hydrogen-bond acceptors (Lipinski definition) is 3. The molecular weight excluding hydrogens is 358 g/mol. The molecule has 2 aliphatic carbocycles. The predicted molar refractivity (Wildman–Crippen MR) is 106 cm³/mol. The maximum absolute atomic E-state index is 12.9. The lowest BCUT2D eigenvalue weighted by Gasteiger charge is -2.52. The van der Waals surface area contributed by atoms with Crippen LogP contribution in [-0.4, -0.2) is 21.5 Å². The summed E-state index contributed by atoms with van der Waals surface area (Å²) >= 11 is 10.4. The van der Waals surface area contributed by atoms with Crippen LogP contribution in [0.1, 0.15) is 37.7 Å². The van der Waals surface area contributed by atoms with Crippen molar-refractivity contribution in [3.05, 3.63) is 28.8 Å². The molecule has 0 aromatic heterocycles. The van der Waals surface area contributed by atoms with Crippen LogP contribution in [0.5, 0.6) is 0 Å². The van der Waals surface area contributed by atoms with Gasteiger partial charge in [-0.2, -0.15) is 0 Å². The van der Waals surface area contributed by atoms with Gasteiger partial charge in [0.2, 0.25) is 5.91 Å². The molecule has 130 valence electrons. The lowest BCUT2D eigenvalue weighted by atomic mass is 9.67. The van der Waals surface area contributed by atoms with Gasteiger partial charge >= 0.3 is 0 Å². The van der Waals surface area contributed by atoms with Crippen molar-refractivity contribution in [1.82, 2.24) is 0 Å². The van der Waals surface area contributed by atoms with E-state index < -0.39 is 0 Å². The Kier molecular flexibility index (Phi) is 4.83. The van der Waals surface area contributed by atoms with Gasteiger partial charge in [-0.1, -0.05) is 18.0 Å². The summed E-state index contributed by atoms with van der Waals surface area (Å²) in [7, 11) is 0. The number of rotatable bonds is 2. The van der Waals surface area contributed by atoms with E-state index >= 15 is 0 Å². The normalized spacial score (nSPS) is 31.2. The molecule has 1 amide bonds. The van der Waals surface area contributed by atoms with Crippen LogP contribution in [0.15, 0.2) is 18.2 Å². The number of halogens is 1. The fraction of sp³-hybridized carbons (Fsp3) is 0.632. The van der Waals surface area contributed by atoms with Crippen molar-refractivity contribution >= 4 is 46.7 Å². The Bertz CT molecular complexity index is 628. The number of hydrogen-bond donors (Lipinski definition) is 1.